The van der Waals surface area contributed by atoms with Gasteiger partial charge in [0.1, 0.15) is 0 Å². The fourth-order valence-corrected chi connectivity index (χ4v) is 2.72. The minimum Gasteiger partial charge on any atom is -0.354 e. The Kier molecular flexibility index (Phi) is 2.66. The molecule has 0 aliphatic heterocycles. The van der Waals surface area contributed by atoms with Gasteiger partial charge in [0.25, 0.3) is 0 Å². The molecule has 2 rings (SSSR count). The molecule has 90 valence electrons. The molecule has 0 radical (unpaired) electrons. The Labute approximate surface area is 99.0 Å². The van der Waals surface area contributed by atoms with E-state index in [1.54, 1.807) is 0 Å². The zero-order chi connectivity index (χ0) is 12.0. The van der Waals surface area contributed by atoms with Gasteiger partial charge in [0, 0.05) is 31.5 Å². The SMILES string of the molecule is CCn1ccc(CNC2C(C)(C)C2(C)C)c1. The molecule has 1 heterocycles. The molecule has 0 atom stereocenters. The van der Waals surface area contributed by atoms with Crippen LogP contribution in [0.2, 0.25) is 0 Å². The lowest BCUT2D eigenvalue weighted by Gasteiger charge is -2.04. The van der Waals surface area contributed by atoms with Crippen molar-refractivity contribution >= 4 is 0 Å². The zero-order valence-corrected chi connectivity index (χ0v) is 11.2. The number of nitrogens with one attached hydrogen (secondary N) is 1. The van der Waals surface area contributed by atoms with Gasteiger partial charge in [0.15, 0.2) is 0 Å². The van der Waals surface area contributed by atoms with E-state index in [1.807, 2.05) is 0 Å². The third-order valence-electron chi connectivity index (χ3n) is 4.71. The van der Waals surface area contributed by atoms with Gasteiger partial charge >= 0.3 is 0 Å². The van der Waals surface area contributed by atoms with Gasteiger partial charge in [-0.3, -0.25) is 0 Å². The number of nitrogens with zero attached hydrogens (tertiary/aromatic N) is 1. The van der Waals surface area contributed by atoms with Crippen LogP contribution in [0.3, 0.4) is 0 Å². The molecular weight excluding hydrogens is 196 g/mol. The highest BCUT2D eigenvalue weighted by atomic mass is 15.0. The van der Waals surface area contributed by atoms with Crippen LogP contribution in [-0.4, -0.2) is 10.6 Å². The maximum Gasteiger partial charge on any atom is 0.0223 e. The Hall–Kier alpha value is -0.760. The van der Waals surface area contributed by atoms with Crippen molar-refractivity contribution in [2.24, 2.45) is 10.8 Å². The van der Waals surface area contributed by atoms with Crippen LogP contribution in [0.5, 0.6) is 0 Å². The topological polar surface area (TPSA) is 17.0 Å². The van der Waals surface area contributed by atoms with Crippen LogP contribution in [0.4, 0.5) is 0 Å². The molecular formula is C14H24N2. The molecule has 0 unspecified atom stereocenters. The molecule has 1 saturated carbocycles. The Morgan fingerprint density at radius 3 is 2.31 bits per heavy atom. The summed E-state index contributed by atoms with van der Waals surface area (Å²) in [5.74, 6) is 0. The first-order chi connectivity index (χ1) is 7.39. The molecule has 2 heteroatoms. The van der Waals surface area contributed by atoms with Gasteiger partial charge in [-0.05, 0) is 29.4 Å². The maximum atomic E-state index is 3.68. The quantitative estimate of drug-likeness (QED) is 0.825. The summed E-state index contributed by atoms with van der Waals surface area (Å²) < 4.78 is 2.22. The average molecular weight is 220 g/mol. The van der Waals surface area contributed by atoms with Gasteiger partial charge < -0.3 is 9.88 Å². The first-order valence-corrected chi connectivity index (χ1v) is 6.27. The van der Waals surface area contributed by atoms with Gasteiger partial charge in [-0.2, -0.15) is 0 Å². The van der Waals surface area contributed by atoms with E-state index < -0.39 is 0 Å². The Balaban J connectivity index is 1.90. The Morgan fingerprint density at radius 2 is 1.88 bits per heavy atom. The Bertz CT molecular complexity index is 360. The lowest BCUT2D eigenvalue weighted by molar-refractivity contribution is 0.457. The number of hydrogen-bond acceptors (Lipinski definition) is 1. The molecule has 0 spiro atoms. The standard InChI is InChI=1S/C14H24N2/c1-6-16-8-7-11(10-16)9-15-12-13(2,3)14(12,4)5/h7-8,10,12,15H,6,9H2,1-5H3. The van der Waals surface area contributed by atoms with Crippen LogP contribution in [-0.2, 0) is 13.1 Å². The minimum atomic E-state index is 0.431. The molecule has 0 saturated heterocycles. The van der Waals surface area contributed by atoms with Crippen molar-refractivity contribution in [2.75, 3.05) is 0 Å². The first kappa shape index (κ1) is 11.7. The highest BCUT2D eigenvalue weighted by Crippen LogP contribution is 2.62. The summed E-state index contributed by atoms with van der Waals surface area (Å²) in [7, 11) is 0. The lowest BCUT2D eigenvalue weighted by Crippen LogP contribution is -2.21. The minimum absolute atomic E-state index is 0.431. The van der Waals surface area contributed by atoms with Crippen LogP contribution < -0.4 is 5.32 Å². The molecule has 0 amide bonds. The fourth-order valence-electron chi connectivity index (χ4n) is 2.72. The molecule has 0 bridgehead atoms. The molecule has 1 N–H and O–H groups in total. The largest absolute Gasteiger partial charge is 0.354 e. The van der Waals surface area contributed by atoms with E-state index in [-0.39, 0.29) is 0 Å². The van der Waals surface area contributed by atoms with E-state index in [0.717, 1.165) is 13.1 Å². The molecule has 1 fully saturated rings. The summed E-state index contributed by atoms with van der Waals surface area (Å²) in [6.45, 7) is 13.6. The van der Waals surface area contributed by atoms with Crippen molar-refractivity contribution in [3.8, 4) is 0 Å². The summed E-state index contributed by atoms with van der Waals surface area (Å²) in [6, 6.07) is 2.85. The second kappa shape index (κ2) is 3.63. The lowest BCUT2D eigenvalue weighted by atomic mass is 10.0. The van der Waals surface area contributed by atoms with Gasteiger partial charge in [0.2, 0.25) is 0 Å². The predicted octanol–water partition coefficient (Wildman–Crippen LogP) is 3.03. The van der Waals surface area contributed by atoms with Crippen molar-refractivity contribution in [3.63, 3.8) is 0 Å². The molecule has 0 aromatic carbocycles. The molecule has 2 nitrogen and oxygen atoms in total. The van der Waals surface area contributed by atoms with E-state index >= 15 is 0 Å². The van der Waals surface area contributed by atoms with Crippen LogP contribution >= 0.6 is 0 Å². The molecule has 1 aliphatic rings. The summed E-state index contributed by atoms with van der Waals surface area (Å²) in [5.41, 5.74) is 2.25. The van der Waals surface area contributed by atoms with E-state index in [1.165, 1.54) is 5.56 Å². The number of aryl methyl sites for hydroxylation is 1. The van der Waals surface area contributed by atoms with Gasteiger partial charge in [-0.25, -0.2) is 0 Å². The molecule has 1 aromatic rings. The van der Waals surface area contributed by atoms with Crippen molar-refractivity contribution < 1.29 is 0 Å². The summed E-state index contributed by atoms with van der Waals surface area (Å²) in [6.07, 6.45) is 4.38. The van der Waals surface area contributed by atoms with Gasteiger partial charge in [0.05, 0.1) is 0 Å². The van der Waals surface area contributed by atoms with E-state index in [4.69, 9.17) is 0 Å². The second-order valence-corrected chi connectivity index (χ2v) is 6.11. The average Bonchev–Trinajstić information content (AvgIpc) is 2.60. The van der Waals surface area contributed by atoms with E-state index in [2.05, 4.69) is 63.0 Å². The number of rotatable bonds is 4. The second-order valence-electron chi connectivity index (χ2n) is 6.11. The fraction of sp³-hybridized carbons (Fsp3) is 0.714. The number of hydrogen-bond donors (Lipinski definition) is 1. The predicted molar refractivity (Wildman–Crippen MR) is 68.3 cm³/mol. The summed E-state index contributed by atoms with van der Waals surface area (Å²) >= 11 is 0. The number of aromatic nitrogens is 1. The van der Waals surface area contributed by atoms with Crippen molar-refractivity contribution in [3.05, 3.63) is 24.0 Å². The van der Waals surface area contributed by atoms with Gasteiger partial charge in [-0.1, -0.05) is 27.7 Å². The zero-order valence-electron chi connectivity index (χ0n) is 11.2. The highest BCUT2D eigenvalue weighted by Gasteiger charge is 2.64. The van der Waals surface area contributed by atoms with Crippen LogP contribution in [0.15, 0.2) is 18.5 Å². The first-order valence-electron chi connectivity index (χ1n) is 6.27. The third kappa shape index (κ3) is 1.69. The van der Waals surface area contributed by atoms with Crippen molar-refractivity contribution in [1.82, 2.24) is 9.88 Å². The van der Waals surface area contributed by atoms with E-state index in [9.17, 15) is 0 Å². The smallest absolute Gasteiger partial charge is 0.0223 e. The molecule has 16 heavy (non-hydrogen) atoms. The normalized spacial score (nSPS) is 22.3. The maximum absolute atomic E-state index is 3.68. The molecule has 1 aromatic heterocycles. The molecule has 1 aliphatic carbocycles. The highest BCUT2D eigenvalue weighted by molar-refractivity contribution is 5.19. The summed E-state index contributed by atoms with van der Waals surface area (Å²) in [5, 5.41) is 3.68. The van der Waals surface area contributed by atoms with Crippen molar-refractivity contribution in [1.29, 1.82) is 0 Å². The van der Waals surface area contributed by atoms with E-state index in [0.29, 0.717) is 16.9 Å². The van der Waals surface area contributed by atoms with Gasteiger partial charge in [-0.15, -0.1) is 0 Å². The third-order valence-corrected chi connectivity index (χ3v) is 4.71. The van der Waals surface area contributed by atoms with Crippen LogP contribution in [0.25, 0.3) is 0 Å². The summed E-state index contributed by atoms with van der Waals surface area (Å²) in [4.78, 5) is 0. The van der Waals surface area contributed by atoms with Crippen LogP contribution in [0, 0.1) is 10.8 Å². The van der Waals surface area contributed by atoms with Crippen molar-refractivity contribution in [2.45, 2.75) is 53.8 Å². The Morgan fingerprint density at radius 1 is 1.25 bits per heavy atom. The monoisotopic (exact) mass is 220 g/mol. The van der Waals surface area contributed by atoms with Crippen LogP contribution in [0.1, 0.15) is 40.2 Å².